The van der Waals surface area contributed by atoms with Crippen LogP contribution in [0.15, 0.2) is 16.7 Å². The van der Waals surface area contributed by atoms with Crippen molar-refractivity contribution in [3.05, 3.63) is 16.7 Å². The third-order valence-electron chi connectivity index (χ3n) is 6.48. The molecule has 35 heavy (non-hydrogen) atoms. The molecule has 1 amide bonds. The Morgan fingerprint density at radius 1 is 1.14 bits per heavy atom. The molecular weight excluding hydrogens is 512 g/mol. The summed E-state index contributed by atoms with van der Waals surface area (Å²) in [5.41, 5.74) is 0.269. The average Bonchev–Trinajstić information content (AvgIpc) is 3.62. The van der Waals surface area contributed by atoms with Crippen LogP contribution >= 0.6 is 15.9 Å². The zero-order valence-electron chi connectivity index (χ0n) is 21.9. The molecule has 0 aromatic carbocycles. The number of amides is 1. The van der Waals surface area contributed by atoms with Crippen molar-refractivity contribution >= 4 is 33.5 Å². The first-order chi connectivity index (χ1) is 16.5. The summed E-state index contributed by atoms with van der Waals surface area (Å²) in [5, 5.41) is 0. The number of nitrogens with zero attached hydrogens (tertiary/aromatic N) is 4. The van der Waals surface area contributed by atoms with Crippen LogP contribution in [-0.2, 0) is 14.2 Å². The molecule has 2 aliphatic heterocycles. The van der Waals surface area contributed by atoms with E-state index in [0.29, 0.717) is 19.1 Å². The van der Waals surface area contributed by atoms with Crippen LogP contribution in [0.4, 0.5) is 16.3 Å². The van der Waals surface area contributed by atoms with E-state index in [1.165, 1.54) is 12.8 Å². The standard InChI is InChI=1S/C26H41BrN4O4/c1-25(2,3)35-24(32)30-13-11-29(12-14-30)23-21(16-19(27)17-28-23)31(20-9-10-20)18-26(4,5)34-22-8-6-7-15-33-22/h16-17,20,22H,6-15,18H2,1-5H3. The molecule has 1 aromatic rings. The van der Waals surface area contributed by atoms with E-state index in [9.17, 15) is 4.79 Å². The Kier molecular flexibility index (Phi) is 8.18. The molecule has 8 nitrogen and oxygen atoms in total. The summed E-state index contributed by atoms with van der Waals surface area (Å²) in [6, 6.07) is 2.66. The predicted molar refractivity (Wildman–Crippen MR) is 141 cm³/mol. The highest BCUT2D eigenvalue weighted by atomic mass is 79.9. The van der Waals surface area contributed by atoms with Gasteiger partial charge in [0, 0.05) is 56.0 Å². The summed E-state index contributed by atoms with van der Waals surface area (Å²) in [5.74, 6) is 0.966. The summed E-state index contributed by atoms with van der Waals surface area (Å²) in [4.78, 5) is 23.9. The van der Waals surface area contributed by atoms with Crippen molar-refractivity contribution in [3.63, 3.8) is 0 Å². The van der Waals surface area contributed by atoms with Crippen molar-refractivity contribution in [2.75, 3.05) is 49.1 Å². The molecule has 3 fully saturated rings. The summed E-state index contributed by atoms with van der Waals surface area (Å²) in [7, 11) is 0. The fourth-order valence-electron chi connectivity index (χ4n) is 4.71. The molecule has 4 rings (SSSR count). The van der Waals surface area contributed by atoms with Gasteiger partial charge in [0.2, 0.25) is 0 Å². The summed E-state index contributed by atoms with van der Waals surface area (Å²) < 4.78 is 18.8. The fourth-order valence-corrected chi connectivity index (χ4v) is 5.03. The summed E-state index contributed by atoms with van der Waals surface area (Å²) in [6.07, 6.45) is 7.07. The first kappa shape index (κ1) is 26.5. The number of halogens is 1. The summed E-state index contributed by atoms with van der Waals surface area (Å²) >= 11 is 3.65. The normalized spacial score (nSPS) is 21.7. The molecule has 3 heterocycles. The van der Waals surface area contributed by atoms with Crippen LogP contribution in [0.2, 0.25) is 0 Å². The molecule has 196 valence electrons. The van der Waals surface area contributed by atoms with E-state index >= 15 is 0 Å². The Morgan fingerprint density at radius 3 is 2.46 bits per heavy atom. The monoisotopic (exact) mass is 552 g/mol. The highest BCUT2D eigenvalue weighted by Crippen LogP contribution is 2.39. The van der Waals surface area contributed by atoms with Gasteiger partial charge in [0.25, 0.3) is 0 Å². The number of hydrogen-bond donors (Lipinski definition) is 0. The predicted octanol–water partition coefficient (Wildman–Crippen LogP) is 5.19. The van der Waals surface area contributed by atoms with Gasteiger partial charge in [0.15, 0.2) is 12.1 Å². The fraction of sp³-hybridized carbons (Fsp3) is 0.769. The number of carbonyl (C=O) groups excluding carboxylic acids is 1. The molecule has 9 heteroatoms. The van der Waals surface area contributed by atoms with Crippen molar-refractivity contribution < 1.29 is 19.0 Å². The number of rotatable bonds is 7. The lowest BCUT2D eigenvalue weighted by molar-refractivity contribution is -0.212. The first-order valence-corrected chi connectivity index (χ1v) is 13.7. The second-order valence-electron chi connectivity index (χ2n) is 11.5. The maximum absolute atomic E-state index is 12.5. The molecule has 1 unspecified atom stereocenters. The van der Waals surface area contributed by atoms with Gasteiger partial charge in [-0.2, -0.15) is 0 Å². The van der Waals surface area contributed by atoms with Crippen LogP contribution < -0.4 is 9.80 Å². The summed E-state index contributed by atoms with van der Waals surface area (Å²) in [6.45, 7) is 14.2. The number of aromatic nitrogens is 1. The average molecular weight is 554 g/mol. The molecule has 0 radical (unpaired) electrons. The van der Waals surface area contributed by atoms with Crippen molar-refractivity contribution in [2.24, 2.45) is 0 Å². The Labute approximate surface area is 218 Å². The van der Waals surface area contributed by atoms with Gasteiger partial charge < -0.3 is 28.9 Å². The lowest BCUT2D eigenvalue weighted by Crippen LogP contribution is -2.51. The molecule has 1 aromatic heterocycles. The van der Waals surface area contributed by atoms with Crippen LogP contribution in [0, 0.1) is 0 Å². The van der Waals surface area contributed by atoms with E-state index in [2.05, 4.69) is 45.6 Å². The van der Waals surface area contributed by atoms with Gasteiger partial charge in [-0.15, -0.1) is 0 Å². The Morgan fingerprint density at radius 2 is 1.86 bits per heavy atom. The molecule has 0 N–H and O–H groups in total. The van der Waals surface area contributed by atoms with Gasteiger partial charge in [-0.1, -0.05) is 0 Å². The van der Waals surface area contributed by atoms with E-state index in [4.69, 9.17) is 19.2 Å². The van der Waals surface area contributed by atoms with Gasteiger partial charge in [-0.3, -0.25) is 0 Å². The van der Waals surface area contributed by atoms with E-state index in [1.54, 1.807) is 4.90 Å². The number of hydrogen-bond acceptors (Lipinski definition) is 7. The van der Waals surface area contributed by atoms with Gasteiger partial charge in [-0.05, 0) is 88.7 Å². The maximum atomic E-state index is 12.5. The lowest BCUT2D eigenvalue weighted by Gasteiger charge is -2.40. The second-order valence-corrected chi connectivity index (χ2v) is 12.4. The minimum atomic E-state index is -0.489. The van der Waals surface area contributed by atoms with Gasteiger partial charge >= 0.3 is 6.09 Å². The zero-order valence-corrected chi connectivity index (χ0v) is 23.5. The van der Waals surface area contributed by atoms with E-state index < -0.39 is 5.60 Å². The van der Waals surface area contributed by atoms with Crippen molar-refractivity contribution in [1.29, 1.82) is 0 Å². The number of anilines is 2. The molecule has 1 aliphatic carbocycles. The van der Waals surface area contributed by atoms with Crippen molar-refractivity contribution in [3.8, 4) is 0 Å². The topological polar surface area (TPSA) is 67.4 Å². The molecule has 1 atom stereocenters. The molecule has 1 saturated carbocycles. The SMILES string of the molecule is CC(C)(C)OC(=O)N1CCN(c2ncc(Br)cc2N(CC(C)(C)OC2CCCCO2)C2CC2)CC1. The Balaban J connectivity index is 1.47. The smallest absolute Gasteiger partial charge is 0.410 e. The number of carbonyl (C=O) groups is 1. The molecule has 2 saturated heterocycles. The van der Waals surface area contributed by atoms with Crippen LogP contribution in [0.25, 0.3) is 0 Å². The highest BCUT2D eigenvalue weighted by molar-refractivity contribution is 9.10. The molecule has 0 spiro atoms. The lowest BCUT2D eigenvalue weighted by atomic mass is 10.1. The first-order valence-electron chi connectivity index (χ1n) is 13.0. The van der Waals surface area contributed by atoms with Gasteiger partial charge in [-0.25, -0.2) is 9.78 Å². The molecular formula is C26H41BrN4O4. The van der Waals surface area contributed by atoms with Crippen LogP contribution in [-0.4, -0.2) is 78.8 Å². The van der Waals surface area contributed by atoms with Gasteiger partial charge in [0.05, 0.1) is 11.3 Å². The third-order valence-corrected chi connectivity index (χ3v) is 6.92. The van der Waals surface area contributed by atoms with E-state index in [0.717, 1.165) is 61.5 Å². The largest absolute Gasteiger partial charge is 0.444 e. The number of ether oxygens (including phenoxy) is 3. The number of pyridine rings is 1. The molecule has 3 aliphatic rings. The zero-order chi connectivity index (χ0) is 25.2. The third kappa shape index (κ3) is 7.46. The molecule has 0 bridgehead atoms. The second kappa shape index (κ2) is 10.8. The van der Waals surface area contributed by atoms with Crippen LogP contribution in [0.3, 0.4) is 0 Å². The van der Waals surface area contributed by atoms with E-state index in [1.807, 2.05) is 27.0 Å². The Hall–Kier alpha value is -1.58. The van der Waals surface area contributed by atoms with Crippen LogP contribution in [0.5, 0.6) is 0 Å². The number of piperazine rings is 1. The van der Waals surface area contributed by atoms with Crippen molar-refractivity contribution in [2.45, 2.75) is 90.3 Å². The minimum Gasteiger partial charge on any atom is -0.444 e. The minimum absolute atomic E-state index is 0.124. The van der Waals surface area contributed by atoms with Crippen LogP contribution in [0.1, 0.15) is 66.7 Å². The highest BCUT2D eigenvalue weighted by Gasteiger charge is 2.38. The van der Waals surface area contributed by atoms with Gasteiger partial charge in [0.1, 0.15) is 5.60 Å². The van der Waals surface area contributed by atoms with E-state index in [-0.39, 0.29) is 18.0 Å². The quantitative estimate of drug-likeness (QED) is 0.460. The maximum Gasteiger partial charge on any atom is 0.410 e. The Bertz CT molecular complexity index is 873. The van der Waals surface area contributed by atoms with Crippen molar-refractivity contribution in [1.82, 2.24) is 9.88 Å².